The van der Waals surface area contributed by atoms with Crippen molar-refractivity contribution in [3.8, 4) is 17.2 Å². The van der Waals surface area contributed by atoms with Crippen LogP contribution < -0.4 is 19.6 Å². The molecule has 0 saturated carbocycles. The lowest BCUT2D eigenvalue weighted by molar-refractivity contribution is 0.102. The summed E-state index contributed by atoms with van der Waals surface area (Å²) in [7, 11) is 4.38. The van der Waals surface area contributed by atoms with E-state index in [1.807, 2.05) is 0 Å². The molecule has 2 aliphatic rings. The minimum absolute atomic E-state index is 0.161. The van der Waals surface area contributed by atoms with Gasteiger partial charge in [0, 0.05) is 17.2 Å². The van der Waals surface area contributed by atoms with E-state index in [0.29, 0.717) is 35.0 Å². The maximum atomic E-state index is 13.8. The highest BCUT2D eigenvalue weighted by Crippen LogP contribution is 2.57. The molecule has 0 radical (unpaired) electrons. The highest BCUT2D eigenvalue weighted by molar-refractivity contribution is 6.35. The maximum absolute atomic E-state index is 13.8. The van der Waals surface area contributed by atoms with Gasteiger partial charge in [0.2, 0.25) is 5.78 Å². The number of ether oxygens (including phenoxy) is 4. The van der Waals surface area contributed by atoms with Crippen molar-refractivity contribution in [2.45, 2.75) is 12.5 Å². The number of methoxy groups -OCH3 is 3. The van der Waals surface area contributed by atoms with Crippen LogP contribution in [0.15, 0.2) is 27.4 Å². The number of carbonyl (C=O) groups excluding carboxylic acids is 1. The molecule has 1 unspecified atom stereocenters. The largest absolute Gasteiger partial charge is 0.496 e. The molecule has 1 aromatic heterocycles. The van der Waals surface area contributed by atoms with Gasteiger partial charge in [-0.25, -0.2) is 0 Å². The molecular weight excluding hydrogens is 412 g/mol. The molecule has 1 aliphatic carbocycles. The minimum Gasteiger partial charge on any atom is -0.496 e. The summed E-state index contributed by atoms with van der Waals surface area (Å²) in [5.74, 6) is 0.886. The Balaban J connectivity index is 1.96. The van der Waals surface area contributed by atoms with E-state index >= 15 is 0 Å². The number of fused-ring (bicyclic) bond motifs is 6. The number of hydrogen-bond acceptors (Lipinski definition) is 7. The number of epoxide rings is 1. The number of aryl methyl sites for hydroxylation is 1. The van der Waals surface area contributed by atoms with Crippen molar-refractivity contribution in [1.82, 2.24) is 0 Å². The van der Waals surface area contributed by atoms with Crippen molar-refractivity contribution < 1.29 is 28.2 Å². The first-order valence-corrected chi connectivity index (χ1v) is 9.55. The van der Waals surface area contributed by atoms with Crippen molar-refractivity contribution in [3.63, 3.8) is 0 Å². The Kier molecular flexibility index (Phi) is 3.94. The molecule has 8 heteroatoms. The molecule has 7 nitrogen and oxygen atoms in total. The van der Waals surface area contributed by atoms with Crippen LogP contribution in [0, 0.1) is 6.92 Å². The number of benzene rings is 2. The summed E-state index contributed by atoms with van der Waals surface area (Å²) in [5, 5.41) is 0.384. The number of halogens is 1. The monoisotopic (exact) mass is 428 g/mol. The summed E-state index contributed by atoms with van der Waals surface area (Å²) >= 11 is 6.43. The summed E-state index contributed by atoms with van der Waals surface area (Å²) in [5.41, 5.74) is 0.637. The molecule has 0 amide bonds. The summed E-state index contributed by atoms with van der Waals surface area (Å²) in [6.45, 7) is 1.98. The fraction of sp³-hybridized carbons (Fsp3) is 0.273. The Morgan fingerprint density at radius 3 is 2.20 bits per heavy atom. The normalized spacial score (nSPS) is 18.9. The molecule has 154 valence electrons. The molecule has 2 heterocycles. The van der Waals surface area contributed by atoms with E-state index in [0.717, 1.165) is 0 Å². The Hall–Kier alpha value is -3.03. The van der Waals surface area contributed by atoms with E-state index in [4.69, 9.17) is 35.0 Å². The van der Waals surface area contributed by atoms with Crippen molar-refractivity contribution in [1.29, 1.82) is 0 Å². The number of hydrogen-bond donors (Lipinski definition) is 0. The molecule has 0 bridgehead atoms. The first-order valence-electron chi connectivity index (χ1n) is 9.17. The number of carbonyl (C=O) groups is 1. The van der Waals surface area contributed by atoms with E-state index in [9.17, 15) is 9.59 Å². The lowest BCUT2D eigenvalue weighted by atomic mass is 9.76. The van der Waals surface area contributed by atoms with E-state index < -0.39 is 5.60 Å². The minimum atomic E-state index is -0.909. The zero-order valence-corrected chi connectivity index (χ0v) is 17.4. The Labute approximate surface area is 176 Å². The van der Waals surface area contributed by atoms with Gasteiger partial charge >= 0.3 is 0 Å². The van der Waals surface area contributed by atoms with Gasteiger partial charge in [0.1, 0.15) is 33.3 Å². The van der Waals surface area contributed by atoms with Crippen LogP contribution in [0.3, 0.4) is 0 Å². The zero-order valence-electron chi connectivity index (χ0n) is 16.7. The molecule has 1 spiro atoms. The van der Waals surface area contributed by atoms with Gasteiger partial charge < -0.3 is 23.4 Å². The average Bonchev–Trinajstić information content (AvgIpc) is 3.52. The van der Waals surface area contributed by atoms with Crippen LogP contribution in [0.1, 0.15) is 32.8 Å². The molecule has 1 fully saturated rings. The van der Waals surface area contributed by atoms with E-state index in [1.54, 1.807) is 19.1 Å². The van der Waals surface area contributed by atoms with Crippen LogP contribution in [0.25, 0.3) is 11.0 Å². The molecular formula is C22H17ClO7. The van der Waals surface area contributed by atoms with Gasteiger partial charge in [-0.3, -0.25) is 9.59 Å². The van der Waals surface area contributed by atoms with Crippen LogP contribution in [0.4, 0.5) is 0 Å². The van der Waals surface area contributed by atoms with Crippen molar-refractivity contribution in [2.75, 3.05) is 27.9 Å². The Morgan fingerprint density at radius 2 is 1.60 bits per heavy atom. The fourth-order valence-electron chi connectivity index (χ4n) is 4.27. The molecule has 1 saturated heterocycles. The second kappa shape index (κ2) is 6.23. The van der Waals surface area contributed by atoms with Crippen LogP contribution in [-0.2, 0) is 10.3 Å². The highest BCUT2D eigenvalue weighted by Gasteiger charge is 2.57. The highest BCUT2D eigenvalue weighted by atomic mass is 35.5. The van der Waals surface area contributed by atoms with Crippen LogP contribution in [0.2, 0.25) is 5.02 Å². The molecule has 3 aromatic rings. The molecule has 1 atom stereocenters. The van der Waals surface area contributed by atoms with Crippen molar-refractivity contribution in [3.05, 3.63) is 61.5 Å². The van der Waals surface area contributed by atoms with Gasteiger partial charge in [-0.2, -0.15) is 0 Å². The van der Waals surface area contributed by atoms with E-state index in [2.05, 4.69) is 0 Å². The third kappa shape index (κ3) is 2.24. The first kappa shape index (κ1) is 19.0. The van der Waals surface area contributed by atoms with E-state index in [1.165, 1.54) is 27.4 Å². The second-order valence-electron chi connectivity index (χ2n) is 7.22. The summed E-state index contributed by atoms with van der Waals surface area (Å²) < 4.78 is 28.1. The predicted molar refractivity (Wildman–Crippen MR) is 108 cm³/mol. The Bertz CT molecular complexity index is 1320. The molecule has 0 N–H and O–H groups in total. The van der Waals surface area contributed by atoms with Crippen LogP contribution in [-0.4, -0.2) is 33.7 Å². The smallest absolute Gasteiger partial charge is 0.201 e. The van der Waals surface area contributed by atoms with Crippen LogP contribution >= 0.6 is 11.6 Å². The van der Waals surface area contributed by atoms with Crippen molar-refractivity contribution >= 4 is 28.4 Å². The lowest BCUT2D eigenvalue weighted by Crippen LogP contribution is -2.27. The Morgan fingerprint density at radius 1 is 0.967 bits per heavy atom. The van der Waals surface area contributed by atoms with Crippen LogP contribution in [0.5, 0.6) is 17.2 Å². The van der Waals surface area contributed by atoms with Gasteiger partial charge in [0.25, 0.3) is 0 Å². The maximum Gasteiger partial charge on any atom is 0.201 e. The number of rotatable bonds is 3. The third-order valence-corrected chi connectivity index (χ3v) is 6.04. The fourth-order valence-corrected chi connectivity index (χ4v) is 4.57. The molecule has 1 aliphatic heterocycles. The standard InChI is InChI=1S/C22H17ClO7/c1-9-5-12(24)17-13(26-2)6-10-15(20(17)30-9)19(25)16-11(22(10)8-29-22)7-14(27-3)18(23)21(16)28-4/h5-7H,8H2,1-4H3. The lowest BCUT2D eigenvalue weighted by Gasteiger charge is -2.28. The van der Waals surface area contributed by atoms with E-state index in [-0.39, 0.29) is 44.1 Å². The predicted octanol–water partition coefficient (Wildman–Crippen LogP) is 3.60. The summed E-state index contributed by atoms with van der Waals surface area (Å²) in [6.07, 6.45) is 0. The van der Waals surface area contributed by atoms with Gasteiger partial charge in [-0.05, 0) is 19.1 Å². The molecule has 2 aromatic carbocycles. The van der Waals surface area contributed by atoms with Gasteiger partial charge in [-0.15, -0.1) is 0 Å². The molecule has 5 rings (SSSR count). The quantitative estimate of drug-likeness (QED) is 0.589. The topological polar surface area (TPSA) is 87.5 Å². The average molecular weight is 429 g/mol. The second-order valence-corrected chi connectivity index (χ2v) is 7.60. The number of ketones is 1. The third-order valence-electron chi connectivity index (χ3n) is 5.68. The van der Waals surface area contributed by atoms with Gasteiger partial charge in [0.15, 0.2) is 16.8 Å². The van der Waals surface area contributed by atoms with Crippen molar-refractivity contribution in [2.24, 2.45) is 0 Å². The molecule has 30 heavy (non-hydrogen) atoms. The summed E-state index contributed by atoms with van der Waals surface area (Å²) in [4.78, 5) is 26.5. The summed E-state index contributed by atoms with van der Waals surface area (Å²) in [6, 6.07) is 4.73. The zero-order chi connectivity index (χ0) is 21.4. The SMILES string of the molecule is COc1cc2c(c(OC)c1Cl)C(=O)c1c(cc(OC)c3c(=O)cc(C)oc13)C21CO1. The van der Waals surface area contributed by atoms with Gasteiger partial charge in [-0.1, -0.05) is 11.6 Å². The first-order chi connectivity index (χ1) is 14.4. The van der Waals surface area contributed by atoms with Gasteiger partial charge in [0.05, 0.1) is 39.1 Å².